The number of carbonyl (C=O) groups is 1. The Labute approximate surface area is 120 Å². The van der Waals surface area contributed by atoms with Crippen LogP contribution in [-0.2, 0) is 9.53 Å². The van der Waals surface area contributed by atoms with Crippen molar-refractivity contribution in [2.45, 2.75) is 31.9 Å². The largest absolute Gasteiger partial charge is 0.367 e. The van der Waals surface area contributed by atoms with Gasteiger partial charge >= 0.3 is 0 Å². The zero-order valence-corrected chi connectivity index (χ0v) is 12.3. The molecule has 3 atom stereocenters. The summed E-state index contributed by atoms with van der Waals surface area (Å²) >= 11 is 0. The van der Waals surface area contributed by atoms with Crippen molar-refractivity contribution in [3.05, 3.63) is 35.9 Å². The molecule has 4 heteroatoms. The van der Waals surface area contributed by atoms with Gasteiger partial charge in [0.05, 0.1) is 0 Å². The van der Waals surface area contributed by atoms with Crippen molar-refractivity contribution >= 4 is 5.91 Å². The first-order valence-electron chi connectivity index (χ1n) is 7.31. The van der Waals surface area contributed by atoms with E-state index >= 15 is 0 Å². The van der Waals surface area contributed by atoms with Crippen molar-refractivity contribution in [1.29, 1.82) is 0 Å². The lowest BCUT2D eigenvalue weighted by atomic mass is 9.92. The molecule has 0 aromatic heterocycles. The normalized spacial score (nSPS) is 24.1. The van der Waals surface area contributed by atoms with Gasteiger partial charge in [0.2, 0.25) is 0 Å². The molecular weight excluding hydrogens is 252 g/mol. The first kappa shape index (κ1) is 15.0. The molecule has 1 aliphatic rings. The van der Waals surface area contributed by atoms with E-state index < -0.39 is 6.10 Å². The van der Waals surface area contributed by atoms with Gasteiger partial charge in [0, 0.05) is 19.7 Å². The maximum absolute atomic E-state index is 12.3. The zero-order valence-electron chi connectivity index (χ0n) is 12.3. The molecule has 0 aliphatic carbocycles. The molecule has 1 aromatic rings. The fourth-order valence-electron chi connectivity index (χ4n) is 2.71. The Morgan fingerprint density at radius 1 is 1.45 bits per heavy atom. The molecule has 3 unspecified atom stereocenters. The summed E-state index contributed by atoms with van der Waals surface area (Å²) in [5.74, 6) is 0.528. The Bertz CT molecular complexity index is 422. The number of rotatable bonds is 5. The summed E-state index contributed by atoms with van der Waals surface area (Å²) in [4.78, 5) is 12.3. The Morgan fingerprint density at radius 3 is 2.85 bits per heavy atom. The molecule has 0 radical (unpaired) electrons. The molecule has 0 spiro atoms. The van der Waals surface area contributed by atoms with Crippen LogP contribution >= 0.6 is 0 Å². The van der Waals surface area contributed by atoms with Gasteiger partial charge in [0.15, 0.2) is 6.10 Å². The van der Waals surface area contributed by atoms with Gasteiger partial charge in [-0.25, -0.2) is 0 Å². The topological polar surface area (TPSA) is 50.4 Å². The maximum atomic E-state index is 12.3. The molecule has 2 N–H and O–H groups in total. The Morgan fingerprint density at radius 2 is 2.20 bits per heavy atom. The van der Waals surface area contributed by atoms with Gasteiger partial charge < -0.3 is 15.4 Å². The monoisotopic (exact) mass is 276 g/mol. The van der Waals surface area contributed by atoms with E-state index in [4.69, 9.17) is 4.74 Å². The molecule has 110 valence electrons. The second-order valence-electron chi connectivity index (χ2n) is 5.45. The van der Waals surface area contributed by atoms with Crippen LogP contribution in [0, 0.1) is 5.92 Å². The molecular formula is C16H24N2O2. The quantitative estimate of drug-likeness (QED) is 0.863. The third-order valence-corrected chi connectivity index (χ3v) is 4.00. The predicted octanol–water partition coefficient (Wildman–Crippen LogP) is 1.88. The van der Waals surface area contributed by atoms with Gasteiger partial charge in [0.1, 0.15) is 0 Å². The van der Waals surface area contributed by atoms with Gasteiger partial charge in [0.25, 0.3) is 5.91 Å². The second kappa shape index (κ2) is 7.41. The van der Waals surface area contributed by atoms with Crippen molar-refractivity contribution in [3.63, 3.8) is 0 Å². The second-order valence-corrected chi connectivity index (χ2v) is 5.45. The molecule has 1 fully saturated rings. The summed E-state index contributed by atoms with van der Waals surface area (Å²) in [5.41, 5.74) is 0.886. The minimum Gasteiger partial charge on any atom is -0.367 e. The smallest absolute Gasteiger partial charge is 0.253 e. The van der Waals surface area contributed by atoms with E-state index in [0.717, 1.165) is 12.1 Å². The number of benzene rings is 1. The minimum atomic E-state index is -0.532. The minimum absolute atomic E-state index is 0.0710. The lowest BCUT2D eigenvalue weighted by Gasteiger charge is -2.30. The number of methoxy groups -OCH3 is 1. The number of ether oxygens (including phenoxy) is 1. The van der Waals surface area contributed by atoms with Gasteiger partial charge in [-0.05, 0) is 30.9 Å². The van der Waals surface area contributed by atoms with Gasteiger partial charge in [-0.15, -0.1) is 0 Å². The van der Waals surface area contributed by atoms with Crippen LogP contribution in [-0.4, -0.2) is 32.1 Å². The van der Waals surface area contributed by atoms with Crippen molar-refractivity contribution in [2.75, 3.05) is 20.2 Å². The van der Waals surface area contributed by atoms with Crippen molar-refractivity contribution in [1.82, 2.24) is 10.6 Å². The van der Waals surface area contributed by atoms with E-state index in [9.17, 15) is 4.79 Å². The number of hydrogen-bond acceptors (Lipinski definition) is 3. The molecule has 4 nitrogen and oxygen atoms in total. The predicted molar refractivity (Wildman–Crippen MR) is 79.4 cm³/mol. The Balaban J connectivity index is 1.89. The average molecular weight is 276 g/mol. The summed E-state index contributed by atoms with van der Waals surface area (Å²) in [6, 6.07) is 9.95. The van der Waals surface area contributed by atoms with Crippen LogP contribution in [0.5, 0.6) is 0 Å². The third kappa shape index (κ3) is 3.81. The van der Waals surface area contributed by atoms with Crippen molar-refractivity contribution in [2.24, 2.45) is 5.92 Å². The molecule has 1 aromatic carbocycles. The fraction of sp³-hybridized carbons (Fsp3) is 0.562. The van der Waals surface area contributed by atoms with Crippen LogP contribution in [0.2, 0.25) is 0 Å². The van der Waals surface area contributed by atoms with Crippen molar-refractivity contribution < 1.29 is 9.53 Å². The first-order valence-corrected chi connectivity index (χ1v) is 7.31. The average Bonchev–Trinajstić information content (AvgIpc) is 2.48. The number of carbonyl (C=O) groups excluding carboxylic acids is 1. The summed E-state index contributed by atoms with van der Waals surface area (Å²) in [6.45, 7) is 3.93. The molecule has 0 bridgehead atoms. The number of piperidine rings is 1. The van der Waals surface area contributed by atoms with E-state index in [1.165, 1.54) is 12.8 Å². The number of hydrogen-bond donors (Lipinski definition) is 2. The lowest BCUT2D eigenvalue weighted by molar-refractivity contribution is -0.131. The highest BCUT2D eigenvalue weighted by molar-refractivity contribution is 5.82. The summed E-state index contributed by atoms with van der Waals surface area (Å²) in [7, 11) is 1.57. The van der Waals surface area contributed by atoms with Crippen LogP contribution < -0.4 is 10.6 Å². The third-order valence-electron chi connectivity index (χ3n) is 4.00. The van der Waals surface area contributed by atoms with Gasteiger partial charge in [-0.3, -0.25) is 4.79 Å². The van der Waals surface area contributed by atoms with E-state index in [1.807, 2.05) is 30.3 Å². The maximum Gasteiger partial charge on any atom is 0.253 e. The lowest BCUT2D eigenvalue weighted by Crippen LogP contribution is -2.48. The van der Waals surface area contributed by atoms with Crippen LogP contribution in [0.1, 0.15) is 31.4 Å². The Kier molecular flexibility index (Phi) is 5.56. The van der Waals surface area contributed by atoms with E-state index in [-0.39, 0.29) is 5.91 Å². The molecule has 1 aliphatic heterocycles. The fourth-order valence-corrected chi connectivity index (χ4v) is 2.71. The molecule has 2 rings (SSSR count). The SMILES string of the molecule is COC(C(=O)NCC1NCCCC1C)c1ccccc1. The van der Waals surface area contributed by atoms with Gasteiger partial charge in [-0.2, -0.15) is 0 Å². The van der Waals surface area contributed by atoms with Crippen LogP contribution in [0.15, 0.2) is 30.3 Å². The van der Waals surface area contributed by atoms with Crippen LogP contribution in [0.25, 0.3) is 0 Å². The number of amides is 1. The summed E-state index contributed by atoms with van der Waals surface area (Å²) in [5, 5.41) is 6.47. The molecule has 1 heterocycles. The molecule has 1 amide bonds. The summed E-state index contributed by atoms with van der Waals surface area (Å²) < 4.78 is 5.33. The highest BCUT2D eigenvalue weighted by atomic mass is 16.5. The Hall–Kier alpha value is -1.39. The van der Waals surface area contributed by atoms with E-state index in [0.29, 0.717) is 18.5 Å². The van der Waals surface area contributed by atoms with Crippen LogP contribution in [0.4, 0.5) is 0 Å². The first-order chi connectivity index (χ1) is 9.72. The van der Waals surface area contributed by atoms with E-state index in [2.05, 4.69) is 17.6 Å². The van der Waals surface area contributed by atoms with Gasteiger partial charge in [-0.1, -0.05) is 37.3 Å². The molecule has 20 heavy (non-hydrogen) atoms. The molecule has 0 saturated carbocycles. The van der Waals surface area contributed by atoms with Crippen LogP contribution in [0.3, 0.4) is 0 Å². The van der Waals surface area contributed by atoms with E-state index in [1.54, 1.807) is 7.11 Å². The highest BCUT2D eigenvalue weighted by Gasteiger charge is 2.24. The zero-order chi connectivity index (χ0) is 14.4. The standard InChI is InChI=1S/C16H24N2O2/c1-12-7-6-10-17-14(12)11-18-16(19)15(20-2)13-8-4-3-5-9-13/h3-5,8-9,12,14-15,17H,6-7,10-11H2,1-2H3,(H,18,19). The van der Waals surface area contributed by atoms with Crippen molar-refractivity contribution in [3.8, 4) is 0 Å². The molecule has 1 saturated heterocycles. The summed E-state index contributed by atoms with van der Waals surface area (Å²) in [6.07, 6.45) is 1.91. The number of nitrogens with one attached hydrogen (secondary N) is 2. The highest BCUT2D eigenvalue weighted by Crippen LogP contribution is 2.17.